The number of piperidine rings is 1. The van der Waals surface area contributed by atoms with E-state index in [4.69, 9.17) is 4.74 Å². The Bertz CT molecular complexity index is 1930. The van der Waals surface area contributed by atoms with Crippen LogP contribution in [-0.4, -0.2) is 78.0 Å². The lowest BCUT2D eigenvalue weighted by Crippen LogP contribution is -2.52. The van der Waals surface area contributed by atoms with Crippen LogP contribution in [0.2, 0.25) is 0 Å². The molecule has 1 unspecified atom stereocenters. The lowest BCUT2D eigenvalue weighted by atomic mass is 9.88. The number of rotatable bonds is 12. The molecule has 2 N–H and O–H groups in total. The van der Waals surface area contributed by atoms with Gasteiger partial charge in [0, 0.05) is 50.4 Å². The number of phenols is 1. The molecule has 9 heteroatoms. The van der Waals surface area contributed by atoms with Crippen LogP contribution in [0.4, 0.5) is 5.69 Å². The molecule has 3 heterocycles. The first-order chi connectivity index (χ1) is 25.4. The highest BCUT2D eigenvalue weighted by molar-refractivity contribution is 6.05. The fraction of sp³-hybridized carbons (Fsp3) is 0.326. The molecule has 4 aromatic rings. The molecular weight excluding hydrogens is 652 g/mol. The number of benzene rings is 4. The lowest BCUT2D eigenvalue weighted by molar-refractivity contribution is -0.136. The fourth-order valence-corrected chi connectivity index (χ4v) is 7.64. The van der Waals surface area contributed by atoms with E-state index >= 15 is 0 Å². The van der Waals surface area contributed by atoms with E-state index in [0.717, 1.165) is 68.9 Å². The van der Waals surface area contributed by atoms with Gasteiger partial charge in [0.25, 0.3) is 5.91 Å². The van der Waals surface area contributed by atoms with Gasteiger partial charge in [-0.2, -0.15) is 0 Å². The van der Waals surface area contributed by atoms with Crippen LogP contribution in [-0.2, 0) is 16.1 Å². The molecule has 9 nitrogen and oxygen atoms in total. The molecule has 0 aliphatic carbocycles. The second-order valence-electron chi connectivity index (χ2n) is 13.8. The summed E-state index contributed by atoms with van der Waals surface area (Å²) in [6, 6.07) is 31.9. The van der Waals surface area contributed by atoms with E-state index in [-0.39, 0.29) is 24.0 Å². The molecule has 3 amide bonds. The normalized spacial score (nSPS) is 18.2. The Morgan fingerprint density at radius 3 is 2.23 bits per heavy atom. The number of aromatic hydroxyl groups is 1. The fourth-order valence-electron chi connectivity index (χ4n) is 7.64. The zero-order chi connectivity index (χ0) is 36.0. The van der Waals surface area contributed by atoms with Gasteiger partial charge in [-0.3, -0.25) is 24.6 Å². The Morgan fingerprint density at radius 2 is 1.54 bits per heavy atom. The number of fused-ring (bicyclic) bond motifs is 1. The molecule has 0 radical (unpaired) electrons. The molecule has 2 saturated heterocycles. The highest BCUT2D eigenvalue weighted by Crippen LogP contribution is 2.36. The van der Waals surface area contributed by atoms with Crippen molar-refractivity contribution in [2.24, 2.45) is 0 Å². The number of phenolic OH excluding ortho intramolecular Hbond substituents is 1. The van der Waals surface area contributed by atoms with Crippen molar-refractivity contribution in [1.29, 1.82) is 0 Å². The summed E-state index contributed by atoms with van der Waals surface area (Å²) in [4.78, 5) is 43.4. The summed E-state index contributed by atoms with van der Waals surface area (Å²) in [6.45, 7) is 8.14. The smallest absolute Gasteiger partial charge is 0.255 e. The SMILES string of the molecule is CC/C(=C(\c1ccc(O)cc1)c1ccc(N2CCN(CCCCOc3ccc4c(c3)CN(C3CCC(=O)NC3=O)C4=O)CC2)cc1)c1ccccc1. The van der Waals surface area contributed by atoms with Crippen LogP contribution in [0.3, 0.4) is 0 Å². The van der Waals surface area contributed by atoms with Crippen molar-refractivity contribution in [3.63, 3.8) is 0 Å². The molecule has 0 bridgehead atoms. The number of carbonyl (C=O) groups excluding carboxylic acids is 3. The zero-order valence-electron chi connectivity index (χ0n) is 29.7. The zero-order valence-corrected chi connectivity index (χ0v) is 29.7. The minimum Gasteiger partial charge on any atom is -0.508 e. The van der Waals surface area contributed by atoms with Gasteiger partial charge in [0.2, 0.25) is 11.8 Å². The number of nitrogens with zero attached hydrogens (tertiary/aromatic N) is 3. The molecule has 52 heavy (non-hydrogen) atoms. The van der Waals surface area contributed by atoms with Crippen LogP contribution < -0.4 is 15.0 Å². The average Bonchev–Trinajstić information content (AvgIpc) is 3.49. The third kappa shape index (κ3) is 7.75. The molecule has 2 fully saturated rings. The number of carbonyl (C=O) groups is 3. The van der Waals surface area contributed by atoms with E-state index in [2.05, 4.69) is 70.6 Å². The number of imide groups is 1. The number of nitrogens with one attached hydrogen (secondary N) is 1. The van der Waals surface area contributed by atoms with Gasteiger partial charge in [-0.05, 0) is 108 Å². The number of ether oxygens (including phenoxy) is 1. The Balaban J connectivity index is 0.885. The molecule has 3 aliphatic heterocycles. The van der Waals surface area contributed by atoms with Crippen LogP contribution in [0.25, 0.3) is 11.1 Å². The number of piperazine rings is 1. The maximum Gasteiger partial charge on any atom is 0.255 e. The van der Waals surface area contributed by atoms with Crippen molar-refractivity contribution < 1.29 is 24.2 Å². The minimum atomic E-state index is -0.614. The lowest BCUT2D eigenvalue weighted by Gasteiger charge is -2.36. The quantitative estimate of drug-likeness (QED) is 0.0990. The standard InChI is InChI=1S/C43H46N4O5/c1-2-37(30-8-4-3-5-9-30)41(32-12-16-35(48)17-13-32)31-10-14-34(15-11-31)46-25-23-45(24-26-46)22-6-7-27-52-36-18-19-38-33(28-36)29-47(43(38)51)39-20-21-40(49)44-42(39)50/h3-5,8-19,28,39,48H,2,6-7,20-27,29H2,1H3,(H,44,49,50)/b41-37+. The van der Waals surface area contributed by atoms with E-state index in [1.54, 1.807) is 23.1 Å². The Hall–Kier alpha value is -5.41. The van der Waals surface area contributed by atoms with Crippen molar-refractivity contribution in [3.8, 4) is 11.5 Å². The topological polar surface area (TPSA) is 102 Å². The number of hydrogen-bond donors (Lipinski definition) is 2. The number of hydrogen-bond acceptors (Lipinski definition) is 7. The number of allylic oxidation sites excluding steroid dienone is 1. The van der Waals surface area contributed by atoms with Gasteiger partial charge in [-0.15, -0.1) is 0 Å². The molecule has 268 valence electrons. The second kappa shape index (κ2) is 15.9. The minimum absolute atomic E-state index is 0.172. The first-order valence-corrected chi connectivity index (χ1v) is 18.4. The van der Waals surface area contributed by atoms with Gasteiger partial charge in [-0.1, -0.05) is 61.5 Å². The third-order valence-corrected chi connectivity index (χ3v) is 10.5. The van der Waals surface area contributed by atoms with E-state index in [0.29, 0.717) is 25.1 Å². The predicted molar refractivity (Wildman–Crippen MR) is 203 cm³/mol. The highest BCUT2D eigenvalue weighted by Gasteiger charge is 2.39. The van der Waals surface area contributed by atoms with Crippen LogP contribution >= 0.6 is 0 Å². The predicted octanol–water partition coefficient (Wildman–Crippen LogP) is 6.50. The Labute approximate surface area is 305 Å². The van der Waals surface area contributed by atoms with Crippen molar-refractivity contribution in [3.05, 3.63) is 125 Å². The van der Waals surface area contributed by atoms with Crippen molar-refractivity contribution >= 4 is 34.6 Å². The van der Waals surface area contributed by atoms with E-state index in [1.807, 2.05) is 30.3 Å². The number of amides is 3. The largest absolute Gasteiger partial charge is 0.508 e. The molecule has 0 saturated carbocycles. The van der Waals surface area contributed by atoms with Gasteiger partial charge in [0.1, 0.15) is 17.5 Å². The van der Waals surface area contributed by atoms with Crippen molar-refractivity contribution in [2.75, 3.05) is 44.2 Å². The summed E-state index contributed by atoms with van der Waals surface area (Å²) >= 11 is 0. The van der Waals surface area contributed by atoms with Crippen LogP contribution in [0, 0.1) is 0 Å². The molecular formula is C43H46N4O5. The van der Waals surface area contributed by atoms with Gasteiger partial charge < -0.3 is 19.6 Å². The van der Waals surface area contributed by atoms with Gasteiger partial charge in [0.15, 0.2) is 0 Å². The summed E-state index contributed by atoms with van der Waals surface area (Å²) < 4.78 is 6.06. The highest BCUT2D eigenvalue weighted by atomic mass is 16.5. The van der Waals surface area contributed by atoms with Crippen LogP contribution in [0.5, 0.6) is 11.5 Å². The van der Waals surface area contributed by atoms with E-state index < -0.39 is 11.9 Å². The Morgan fingerprint density at radius 1 is 0.827 bits per heavy atom. The van der Waals surface area contributed by atoms with Crippen molar-refractivity contribution in [1.82, 2.24) is 15.1 Å². The van der Waals surface area contributed by atoms with Crippen molar-refractivity contribution in [2.45, 2.75) is 51.6 Å². The monoisotopic (exact) mass is 698 g/mol. The first kappa shape index (κ1) is 35.0. The Kier molecular flexibility index (Phi) is 10.7. The van der Waals surface area contributed by atoms with Crippen LogP contribution in [0.1, 0.15) is 71.6 Å². The third-order valence-electron chi connectivity index (χ3n) is 10.5. The molecule has 3 aliphatic rings. The van der Waals surface area contributed by atoms with Gasteiger partial charge in [0.05, 0.1) is 6.61 Å². The second-order valence-corrected chi connectivity index (χ2v) is 13.8. The average molecular weight is 699 g/mol. The van der Waals surface area contributed by atoms with Crippen LogP contribution in [0.15, 0.2) is 97.1 Å². The molecule has 7 rings (SSSR count). The molecule has 0 spiro atoms. The molecule has 1 atom stereocenters. The number of unbranched alkanes of at least 4 members (excludes halogenated alkanes) is 1. The molecule has 0 aromatic heterocycles. The van der Waals surface area contributed by atoms with E-state index in [1.165, 1.54) is 28.0 Å². The van der Waals surface area contributed by atoms with E-state index in [9.17, 15) is 19.5 Å². The van der Waals surface area contributed by atoms with Gasteiger partial charge >= 0.3 is 0 Å². The summed E-state index contributed by atoms with van der Waals surface area (Å²) in [6.07, 6.45) is 3.45. The summed E-state index contributed by atoms with van der Waals surface area (Å²) in [7, 11) is 0. The maximum atomic E-state index is 13.0. The molecule has 4 aromatic carbocycles. The first-order valence-electron chi connectivity index (χ1n) is 18.4. The summed E-state index contributed by atoms with van der Waals surface area (Å²) in [5, 5.41) is 12.3. The van der Waals surface area contributed by atoms with Gasteiger partial charge in [-0.25, -0.2) is 0 Å². The summed E-state index contributed by atoms with van der Waals surface area (Å²) in [5.74, 6) is 0.136. The maximum absolute atomic E-state index is 13.0. The number of anilines is 1. The summed E-state index contributed by atoms with van der Waals surface area (Å²) in [5.41, 5.74) is 8.61.